The van der Waals surface area contributed by atoms with Crippen LogP contribution in [0.4, 0.5) is 5.69 Å². The van der Waals surface area contributed by atoms with Crippen LogP contribution in [-0.2, 0) is 0 Å². The molecule has 0 saturated heterocycles. The zero-order chi connectivity index (χ0) is 20.8. The number of aromatic nitrogens is 1. The summed E-state index contributed by atoms with van der Waals surface area (Å²) in [4.78, 5) is 17.3. The predicted molar refractivity (Wildman–Crippen MR) is 112 cm³/mol. The summed E-state index contributed by atoms with van der Waals surface area (Å²) in [5.74, 6) is 3.48. The Labute approximate surface area is 168 Å². The molecule has 2 aromatic carbocycles. The highest BCUT2D eigenvalue weighted by molar-refractivity contribution is 6.07. The van der Waals surface area contributed by atoms with E-state index in [2.05, 4.69) is 16.2 Å². The van der Waals surface area contributed by atoms with Crippen molar-refractivity contribution < 1.29 is 18.7 Å². The molecule has 0 atom stereocenters. The number of benzene rings is 2. The molecule has 3 rings (SSSR count). The molecule has 1 N–H and O–H groups in total. The van der Waals surface area contributed by atoms with Crippen LogP contribution in [0.1, 0.15) is 17.3 Å². The van der Waals surface area contributed by atoms with Crippen molar-refractivity contribution in [2.45, 2.75) is 6.92 Å². The summed E-state index contributed by atoms with van der Waals surface area (Å²) in [5, 5.41) is 3.45. The molecule has 0 aliphatic heterocycles. The van der Waals surface area contributed by atoms with E-state index in [1.54, 1.807) is 37.5 Å². The molecule has 0 fully saturated rings. The summed E-state index contributed by atoms with van der Waals surface area (Å²) < 4.78 is 16.3. The molecule has 1 amide bonds. The van der Waals surface area contributed by atoms with Gasteiger partial charge in [0.05, 0.1) is 31.0 Å². The zero-order valence-corrected chi connectivity index (χ0v) is 16.4. The second-order valence-electron chi connectivity index (χ2n) is 5.93. The number of hydrogen-bond acceptors (Lipinski definition) is 5. The van der Waals surface area contributed by atoms with E-state index in [-0.39, 0.29) is 5.91 Å². The number of oxazole rings is 1. The number of para-hydroxylation sites is 1. The van der Waals surface area contributed by atoms with Crippen LogP contribution in [0, 0.1) is 12.3 Å². The van der Waals surface area contributed by atoms with Crippen molar-refractivity contribution in [3.63, 3.8) is 0 Å². The number of nitrogens with zero attached hydrogens (tertiary/aromatic N) is 1. The van der Waals surface area contributed by atoms with Crippen LogP contribution in [0.15, 0.2) is 46.9 Å². The van der Waals surface area contributed by atoms with Gasteiger partial charge in [-0.05, 0) is 37.3 Å². The highest BCUT2D eigenvalue weighted by atomic mass is 16.5. The molecule has 0 spiro atoms. The van der Waals surface area contributed by atoms with Crippen LogP contribution < -0.4 is 25.6 Å². The van der Waals surface area contributed by atoms with Gasteiger partial charge in [0, 0.05) is 12.1 Å². The minimum atomic E-state index is -0.332. The first-order valence-electron chi connectivity index (χ1n) is 8.83. The summed E-state index contributed by atoms with van der Waals surface area (Å²) in [7, 11) is 3.05. The van der Waals surface area contributed by atoms with Gasteiger partial charge in [-0.15, -0.1) is 6.42 Å². The maximum absolute atomic E-state index is 12.9. The van der Waals surface area contributed by atoms with Crippen molar-refractivity contribution in [2.24, 2.45) is 0 Å². The van der Waals surface area contributed by atoms with Crippen LogP contribution in [-0.4, -0.2) is 25.1 Å². The minimum Gasteiger partial charge on any atom is -0.497 e. The normalized spacial score (nSPS) is 11.8. The zero-order valence-electron chi connectivity index (χ0n) is 16.4. The smallest absolute Gasteiger partial charge is 0.259 e. The van der Waals surface area contributed by atoms with Gasteiger partial charge in [0.25, 0.3) is 5.91 Å². The van der Waals surface area contributed by atoms with E-state index >= 15 is 0 Å². The topological polar surface area (TPSA) is 73.6 Å². The van der Waals surface area contributed by atoms with Crippen LogP contribution in [0.5, 0.6) is 11.5 Å². The Morgan fingerprint density at radius 2 is 2.00 bits per heavy atom. The Hall–Kier alpha value is -3.98. The van der Waals surface area contributed by atoms with E-state index in [1.165, 1.54) is 13.2 Å². The van der Waals surface area contributed by atoms with E-state index in [9.17, 15) is 4.79 Å². The minimum absolute atomic E-state index is 0.332. The summed E-state index contributed by atoms with van der Waals surface area (Å²) in [6, 6.07) is 12.2. The van der Waals surface area contributed by atoms with Gasteiger partial charge >= 0.3 is 0 Å². The number of anilines is 1. The summed E-state index contributed by atoms with van der Waals surface area (Å²) in [6.07, 6.45) is 8.68. The van der Waals surface area contributed by atoms with Gasteiger partial charge < -0.3 is 19.2 Å². The van der Waals surface area contributed by atoms with Gasteiger partial charge in [-0.1, -0.05) is 18.1 Å². The van der Waals surface area contributed by atoms with Crippen LogP contribution in [0.25, 0.3) is 23.6 Å². The lowest BCUT2D eigenvalue weighted by atomic mass is 10.1. The fourth-order valence-electron chi connectivity index (χ4n) is 2.80. The molecule has 1 aromatic heterocycles. The molecule has 0 saturated carbocycles. The molecule has 3 aromatic rings. The number of methoxy groups -OCH3 is 2. The van der Waals surface area contributed by atoms with Crippen molar-refractivity contribution in [1.29, 1.82) is 0 Å². The number of carbonyl (C=O) groups excluding carboxylic acids is 1. The third-order valence-electron chi connectivity index (χ3n) is 4.22. The monoisotopic (exact) mass is 388 g/mol. The van der Waals surface area contributed by atoms with Crippen LogP contribution in [0.2, 0.25) is 0 Å². The molecule has 0 aliphatic rings. The van der Waals surface area contributed by atoms with Gasteiger partial charge in [-0.3, -0.25) is 4.79 Å². The number of rotatable bonds is 5. The van der Waals surface area contributed by atoms with Crippen molar-refractivity contribution in [3.8, 4) is 35.3 Å². The van der Waals surface area contributed by atoms with E-state index in [4.69, 9.17) is 20.3 Å². The molecular weight excluding hydrogens is 368 g/mol. The van der Waals surface area contributed by atoms with Crippen molar-refractivity contribution >= 4 is 23.7 Å². The van der Waals surface area contributed by atoms with Crippen molar-refractivity contribution in [1.82, 2.24) is 4.98 Å². The lowest BCUT2D eigenvalue weighted by Crippen LogP contribution is -2.21. The molecule has 29 heavy (non-hydrogen) atoms. The number of carbonyl (C=O) groups is 1. The maximum atomic E-state index is 12.9. The Morgan fingerprint density at radius 1 is 1.21 bits per heavy atom. The maximum Gasteiger partial charge on any atom is 0.259 e. The molecule has 0 aliphatic carbocycles. The first kappa shape index (κ1) is 19.8. The predicted octanol–water partition coefficient (Wildman–Crippen LogP) is 2.83. The van der Waals surface area contributed by atoms with Gasteiger partial charge in [0.15, 0.2) is 5.42 Å². The Morgan fingerprint density at radius 3 is 2.69 bits per heavy atom. The van der Waals surface area contributed by atoms with Crippen molar-refractivity contribution in [2.75, 3.05) is 19.5 Å². The summed E-state index contributed by atoms with van der Waals surface area (Å²) in [6.45, 7) is 1.84. The lowest BCUT2D eigenvalue weighted by molar-refractivity contribution is 0.102. The van der Waals surface area contributed by atoms with E-state index in [1.807, 2.05) is 25.1 Å². The molecule has 6 nitrogen and oxygen atoms in total. The van der Waals surface area contributed by atoms with E-state index in [0.29, 0.717) is 45.0 Å². The lowest BCUT2D eigenvalue weighted by Gasteiger charge is -2.12. The molecule has 0 unspecified atom stereocenters. The highest BCUT2D eigenvalue weighted by Gasteiger charge is 2.17. The number of nitrogens with one attached hydrogen (secondary N) is 1. The number of amides is 1. The molecule has 0 bridgehead atoms. The number of hydrogen-bond donors (Lipinski definition) is 1. The molecule has 1 heterocycles. The van der Waals surface area contributed by atoms with Gasteiger partial charge in [0.1, 0.15) is 16.8 Å². The standard InChI is InChI=1S/C23H20N2O4/c1-5-9-19-20(6-2)29-23(25-19)16-10-7-8-11-18(16)24-22(26)17-13-12-15(27-3)14-21(17)28-4/h1,6-14H,2-4H3,(H,24,26)/b19-9+,20-6+. The third-order valence-corrected chi connectivity index (χ3v) is 4.22. The quantitative estimate of drug-likeness (QED) is 0.681. The third kappa shape index (κ3) is 4.14. The van der Waals surface area contributed by atoms with E-state index in [0.717, 1.165) is 0 Å². The SMILES string of the molecule is C#C/C=c1/nc(-c2ccccc2NC(=O)c2ccc(OC)cc2OC)o/c1=C/C. The van der Waals surface area contributed by atoms with Crippen LogP contribution >= 0.6 is 0 Å². The molecule has 146 valence electrons. The average Bonchev–Trinajstić information content (AvgIpc) is 3.16. The Bertz CT molecular complexity index is 1200. The first-order valence-corrected chi connectivity index (χ1v) is 8.83. The number of ether oxygens (including phenoxy) is 2. The Kier molecular flexibility index (Phi) is 6.00. The Balaban J connectivity index is 2.00. The second kappa shape index (κ2) is 8.81. The number of terminal acetylenes is 1. The first-order chi connectivity index (χ1) is 14.1. The average molecular weight is 388 g/mol. The van der Waals surface area contributed by atoms with Crippen molar-refractivity contribution in [3.05, 3.63) is 58.8 Å². The fraction of sp³-hybridized carbons (Fsp3) is 0.130. The molecule has 6 heteroatoms. The highest BCUT2D eigenvalue weighted by Crippen LogP contribution is 2.28. The summed E-state index contributed by atoms with van der Waals surface area (Å²) in [5.41, 5.74) is 2.12. The van der Waals surface area contributed by atoms with Gasteiger partial charge in [-0.25, -0.2) is 4.98 Å². The molecular formula is C23H20N2O4. The van der Waals surface area contributed by atoms with E-state index < -0.39 is 0 Å². The van der Waals surface area contributed by atoms with Gasteiger partial charge in [0.2, 0.25) is 5.89 Å². The summed E-state index contributed by atoms with van der Waals surface area (Å²) >= 11 is 0. The fourth-order valence-corrected chi connectivity index (χ4v) is 2.80. The second-order valence-corrected chi connectivity index (χ2v) is 5.93. The largest absolute Gasteiger partial charge is 0.497 e. The molecule has 0 radical (unpaired) electrons. The van der Waals surface area contributed by atoms with Crippen LogP contribution in [0.3, 0.4) is 0 Å². The van der Waals surface area contributed by atoms with Gasteiger partial charge in [-0.2, -0.15) is 0 Å².